The van der Waals surface area contributed by atoms with Crippen LogP contribution in [0.25, 0.3) is 0 Å². The van der Waals surface area contributed by atoms with Gasteiger partial charge in [-0.15, -0.1) is 0 Å². The molecule has 0 aliphatic heterocycles. The molecule has 3 atom stereocenters. The molecular weight excluding hydrogens is 791 g/mol. The van der Waals surface area contributed by atoms with Crippen molar-refractivity contribution in [1.29, 1.82) is 0 Å². The fourth-order valence-corrected chi connectivity index (χ4v) is 8.11. The molecule has 0 heterocycles. The predicted molar refractivity (Wildman–Crippen MR) is 278 cm³/mol. The Morgan fingerprint density at radius 3 is 1.27 bits per heavy atom. The van der Waals surface area contributed by atoms with Crippen LogP contribution in [0.1, 0.15) is 258 Å². The molecule has 0 spiro atoms. The second-order valence-electron chi connectivity index (χ2n) is 18.4. The van der Waals surface area contributed by atoms with Crippen LogP contribution in [0.5, 0.6) is 0 Å². The van der Waals surface area contributed by atoms with E-state index in [0.717, 1.165) is 70.6 Å². The van der Waals surface area contributed by atoms with Crippen molar-refractivity contribution in [3.05, 3.63) is 72.9 Å². The summed E-state index contributed by atoms with van der Waals surface area (Å²) in [6, 6.07) is -0.712. The van der Waals surface area contributed by atoms with E-state index in [9.17, 15) is 19.8 Å². The summed E-state index contributed by atoms with van der Waals surface area (Å²) in [7, 11) is 0. The molecule has 3 unspecified atom stereocenters. The third-order valence-corrected chi connectivity index (χ3v) is 12.2. The van der Waals surface area contributed by atoms with Gasteiger partial charge < -0.3 is 20.3 Å². The van der Waals surface area contributed by atoms with Gasteiger partial charge in [0.1, 0.15) is 6.10 Å². The zero-order valence-electron chi connectivity index (χ0n) is 42.1. The van der Waals surface area contributed by atoms with Gasteiger partial charge in [0.2, 0.25) is 5.91 Å². The number of rotatable bonds is 48. The van der Waals surface area contributed by atoms with E-state index < -0.39 is 18.2 Å². The number of allylic oxidation sites excluding steroid dienone is 12. The van der Waals surface area contributed by atoms with Crippen molar-refractivity contribution in [2.45, 2.75) is 277 Å². The zero-order chi connectivity index (χ0) is 46.7. The van der Waals surface area contributed by atoms with Gasteiger partial charge in [-0.3, -0.25) is 9.59 Å². The first-order valence-electron chi connectivity index (χ1n) is 27.2. The van der Waals surface area contributed by atoms with Crippen molar-refractivity contribution < 1.29 is 24.5 Å². The Kier molecular flexibility index (Phi) is 49.1. The van der Waals surface area contributed by atoms with Crippen molar-refractivity contribution in [3.63, 3.8) is 0 Å². The van der Waals surface area contributed by atoms with Crippen molar-refractivity contribution in [2.24, 2.45) is 0 Å². The summed E-state index contributed by atoms with van der Waals surface area (Å²) in [5.74, 6) is -0.520. The van der Waals surface area contributed by atoms with Crippen molar-refractivity contribution in [2.75, 3.05) is 6.61 Å². The van der Waals surface area contributed by atoms with Gasteiger partial charge >= 0.3 is 5.97 Å². The first kappa shape index (κ1) is 61.3. The maximum absolute atomic E-state index is 13.2. The Morgan fingerprint density at radius 2 is 0.844 bits per heavy atom. The number of carbonyl (C=O) groups excluding carboxylic acids is 2. The monoisotopic (exact) mass is 894 g/mol. The molecule has 370 valence electrons. The topological polar surface area (TPSA) is 95.9 Å². The molecule has 6 heteroatoms. The quantitative estimate of drug-likeness (QED) is 0.0321. The second kappa shape index (κ2) is 51.3. The number of esters is 1. The maximum atomic E-state index is 13.2. The number of unbranched alkanes of at least 4 members (excludes halogenated alkanes) is 29. The van der Waals surface area contributed by atoms with Gasteiger partial charge in [0.15, 0.2) is 0 Å². The van der Waals surface area contributed by atoms with Crippen LogP contribution >= 0.6 is 0 Å². The Morgan fingerprint density at radius 1 is 0.469 bits per heavy atom. The summed E-state index contributed by atoms with van der Waals surface area (Å²) in [5, 5.41) is 23.8. The van der Waals surface area contributed by atoms with E-state index in [1.54, 1.807) is 0 Å². The molecule has 3 N–H and O–H groups in total. The lowest BCUT2D eigenvalue weighted by Gasteiger charge is -2.24. The zero-order valence-corrected chi connectivity index (χ0v) is 42.1. The third-order valence-electron chi connectivity index (χ3n) is 12.2. The van der Waals surface area contributed by atoms with Crippen LogP contribution in [0.3, 0.4) is 0 Å². The second-order valence-corrected chi connectivity index (χ2v) is 18.4. The molecule has 0 aromatic heterocycles. The van der Waals surface area contributed by atoms with E-state index >= 15 is 0 Å². The highest BCUT2D eigenvalue weighted by molar-refractivity contribution is 5.77. The number of carbonyl (C=O) groups is 2. The molecule has 0 saturated carbocycles. The number of amides is 1. The Labute approximate surface area is 396 Å². The normalized spacial score (nSPS) is 13.8. The van der Waals surface area contributed by atoms with E-state index in [1.807, 2.05) is 48.6 Å². The SMILES string of the molecule is CC\C=C/C=C/C=C/C=C\C=C\C=C\CCCCCC(=O)OC(CCCCCCCCCCCCCC)CC(=O)NC(CO)C(O)CCCCCCCCCCCCCCCCCC. The standard InChI is InChI=1S/C58H103NO5/c1-4-7-10-13-16-19-22-25-27-29-31-33-36-39-42-45-48-51-58(63)64-54(49-46-43-40-37-34-24-21-18-15-12-9-6-3)52-57(62)59-55(53-60)56(61)50-47-44-41-38-35-32-30-28-26-23-20-17-14-11-8-5-2/h7,10,13,16,19,22,25,27,29,31,33,36,54-56,60-61H,4-6,8-9,11-12,14-15,17-18,20-21,23-24,26,28,30,32,34-35,37-53H2,1-3H3,(H,59,62)/b10-7-,16-13+,22-19+,27-25-,31-29+,36-33+. The fraction of sp³-hybridized carbons (Fsp3) is 0.759. The Bertz CT molecular complexity index is 1190. The first-order chi connectivity index (χ1) is 31.5. The van der Waals surface area contributed by atoms with Crippen LogP contribution < -0.4 is 5.32 Å². The van der Waals surface area contributed by atoms with E-state index in [4.69, 9.17) is 4.74 Å². The van der Waals surface area contributed by atoms with Crippen LogP contribution in [-0.4, -0.2) is 46.9 Å². The largest absolute Gasteiger partial charge is 0.462 e. The van der Waals surface area contributed by atoms with Crippen LogP contribution in [0.4, 0.5) is 0 Å². The molecule has 0 saturated heterocycles. The maximum Gasteiger partial charge on any atom is 0.306 e. The molecule has 0 aromatic carbocycles. The number of hydrogen-bond donors (Lipinski definition) is 3. The molecular formula is C58H103NO5. The Hall–Kier alpha value is -2.70. The summed E-state index contributed by atoms with van der Waals surface area (Å²) < 4.78 is 5.92. The molecule has 0 fully saturated rings. The van der Waals surface area contributed by atoms with Crippen LogP contribution in [-0.2, 0) is 14.3 Å². The van der Waals surface area contributed by atoms with E-state index in [2.05, 4.69) is 50.4 Å². The number of nitrogens with one attached hydrogen (secondary N) is 1. The minimum Gasteiger partial charge on any atom is -0.462 e. The molecule has 6 nitrogen and oxygen atoms in total. The third kappa shape index (κ3) is 45.9. The lowest BCUT2D eigenvalue weighted by molar-refractivity contribution is -0.151. The highest BCUT2D eigenvalue weighted by Crippen LogP contribution is 2.18. The minimum absolute atomic E-state index is 0.0590. The first-order valence-corrected chi connectivity index (χ1v) is 27.2. The smallest absolute Gasteiger partial charge is 0.306 e. The lowest BCUT2D eigenvalue weighted by Crippen LogP contribution is -2.46. The molecule has 1 amide bonds. The van der Waals surface area contributed by atoms with E-state index in [-0.39, 0.29) is 24.9 Å². The van der Waals surface area contributed by atoms with Crippen molar-refractivity contribution in [3.8, 4) is 0 Å². The number of aliphatic hydroxyl groups excluding tert-OH is 2. The van der Waals surface area contributed by atoms with Gasteiger partial charge in [0.05, 0.1) is 25.2 Å². The highest BCUT2D eigenvalue weighted by Gasteiger charge is 2.24. The highest BCUT2D eigenvalue weighted by atomic mass is 16.5. The molecule has 0 aromatic rings. The summed E-state index contributed by atoms with van der Waals surface area (Å²) in [4.78, 5) is 26.2. The van der Waals surface area contributed by atoms with Gasteiger partial charge in [-0.25, -0.2) is 0 Å². The van der Waals surface area contributed by atoms with Crippen LogP contribution in [0, 0.1) is 0 Å². The number of hydrogen-bond acceptors (Lipinski definition) is 5. The van der Waals surface area contributed by atoms with Gasteiger partial charge in [0.25, 0.3) is 0 Å². The van der Waals surface area contributed by atoms with E-state index in [0.29, 0.717) is 19.3 Å². The van der Waals surface area contributed by atoms with Crippen LogP contribution in [0.2, 0.25) is 0 Å². The average Bonchev–Trinajstić information content (AvgIpc) is 3.29. The molecule has 64 heavy (non-hydrogen) atoms. The molecule has 0 aliphatic carbocycles. The minimum atomic E-state index is -0.797. The van der Waals surface area contributed by atoms with Crippen molar-refractivity contribution >= 4 is 11.9 Å². The molecule has 0 bridgehead atoms. The molecule has 0 radical (unpaired) electrons. The van der Waals surface area contributed by atoms with Gasteiger partial charge in [0, 0.05) is 6.42 Å². The predicted octanol–water partition coefficient (Wildman–Crippen LogP) is 16.6. The number of ether oxygens (including phenoxy) is 1. The molecule has 0 aliphatic rings. The summed E-state index contributed by atoms with van der Waals surface area (Å²) in [6.45, 7) is 6.34. The van der Waals surface area contributed by atoms with Gasteiger partial charge in [-0.05, 0) is 44.9 Å². The summed E-state index contributed by atoms with van der Waals surface area (Å²) in [6.07, 6.45) is 65.3. The van der Waals surface area contributed by atoms with Crippen molar-refractivity contribution in [1.82, 2.24) is 5.32 Å². The average molecular weight is 894 g/mol. The summed E-state index contributed by atoms with van der Waals surface area (Å²) in [5.41, 5.74) is 0. The van der Waals surface area contributed by atoms with E-state index in [1.165, 1.54) is 141 Å². The van der Waals surface area contributed by atoms with Crippen LogP contribution in [0.15, 0.2) is 72.9 Å². The molecule has 0 rings (SSSR count). The summed E-state index contributed by atoms with van der Waals surface area (Å²) >= 11 is 0. The van der Waals surface area contributed by atoms with Gasteiger partial charge in [-0.1, -0.05) is 273 Å². The Balaban J connectivity index is 4.60. The van der Waals surface area contributed by atoms with Gasteiger partial charge in [-0.2, -0.15) is 0 Å². The lowest BCUT2D eigenvalue weighted by atomic mass is 10.0. The fourth-order valence-electron chi connectivity index (χ4n) is 8.11. The number of aliphatic hydroxyl groups is 2.